The monoisotopic (exact) mass is 370 g/mol. The van der Waals surface area contributed by atoms with E-state index in [1.54, 1.807) is 12.1 Å². The summed E-state index contributed by atoms with van der Waals surface area (Å²) in [6.45, 7) is 1.40. The predicted octanol–water partition coefficient (Wildman–Crippen LogP) is 3.13. The Morgan fingerprint density at radius 2 is 1.71 bits per heavy atom. The normalized spacial score (nSPS) is 18.4. The Morgan fingerprint density at radius 1 is 1.12 bits per heavy atom. The molecule has 0 radical (unpaired) electrons. The average Bonchev–Trinajstić information content (AvgIpc) is 3.39. The van der Waals surface area contributed by atoms with E-state index >= 15 is 0 Å². The predicted molar refractivity (Wildman–Crippen MR) is 92.8 cm³/mol. The Morgan fingerprint density at radius 3 is 2.21 bits per heavy atom. The number of amides is 2. The third-order valence-corrected chi connectivity index (χ3v) is 5.09. The van der Waals surface area contributed by atoms with Crippen molar-refractivity contribution in [3.8, 4) is 5.75 Å². The number of rotatable bonds is 4. The molecule has 3 rings (SSSR count). The molecule has 2 amide bonds. The van der Waals surface area contributed by atoms with E-state index in [-0.39, 0.29) is 23.8 Å². The zero-order valence-corrected chi connectivity index (χ0v) is 15.0. The number of likely N-dealkylation sites (tertiary alicyclic amines) is 1. The molecule has 2 aliphatic rings. The molecule has 1 saturated heterocycles. The zero-order chi connectivity index (χ0) is 17.3. The van der Waals surface area contributed by atoms with Crippen LogP contribution < -0.4 is 10.1 Å². The number of hydrogen-bond acceptors (Lipinski definition) is 3. The molecule has 24 heavy (non-hydrogen) atoms. The van der Waals surface area contributed by atoms with Crippen LogP contribution in [0.25, 0.3) is 0 Å². The van der Waals surface area contributed by atoms with Gasteiger partial charge in [0.2, 0.25) is 5.91 Å². The van der Waals surface area contributed by atoms with E-state index in [1.807, 2.05) is 4.90 Å². The molecular formula is C17H20Cl2N2O3. The van der Waals surface area contributed by atoms with Gasteiger partial charge >= 0.3 is 0 Å². The van der Waals surface area contributed by atoms with Gasteiger partial charge in [0, 0.05) is 30.6 Å². The highest BCUT2D eigenvalue weighted by atomic mass is 35.5. The first-order valence-electron chi connectivity index (χ1n) is 8.12. The van der Waals surface area contributed by atoms with E-state index in [0.717, 1.165) is 25.7 Å². The van der Waals surface area contributed by atoms with Gasteiger partial charge < -0.3 is 15.0 Å². The molecule has 1 aromatic rings. The van der Waals surface area contributed by atoms with Crippen molar-refractivity contribution >= 4 is 35.0 Å². The first-order valence-corrected chi connectivity index (χ1v) is 8.88. The average molecular weight is 371 g/mol. The van der Waals surface area contributed by atoms with Gasteiger partial charge in [-0.15, -0.1) is 0 Å². The minimum Gasteiger partial charge on any atom is -0.494 e. The minimum atomic E-state index is -0.214. The fourth-order valence-corrected chi connectivity index (χ4v) is 3.63. The van der Waals surface area contributed by atoms with Crippen LogP contribution in [-0.4, -0.2) is 43.0 Å². The Labute approximate surface area is 151 Å². The fourth-order valence-electron chi connectivity index (χ4n) is 2.99. The Kier molecular flexibility index (Phi) is 5.21. The summed E-state index contributed by atoms with van der Waals surface area (Å²) in [6.07, 6.45) is 3.58. The lowest BCUT2D eigenvalue weighted by Crippen LogP contribution is -2.47. The van der Waals surface area contributed by atoms with E-state index in [4.69, 9.17) is 27.9 Å². The number of methoxy groups -OCH3 is 1. The summed E-state index contributed by atoms with van der Waals surface area (Å²) in [5, 5.41) is 3.61. The number of hydrogen-bond donors (Lipinski definition) is 1. The molecule has 1 saturated carbocycles. The summed E-state index contributed by atoms with van der Waals surface area (Å²) in [5.74, 6) is 0.670. The maximum absolute atomic E-state index is 12.4. The van der Waals surface area contributed by atoms with Crippen molar-refractivity contribution in [2.24, 2.45) is 5.92 Å². The molecule has 130 valence electrons. The number of nitrogens with zero attached hydrogens (tertiary/aromatic N) is 1. The van der Waals surface area contributed by atoms with Crippen molar-refractivity contribution in [3.05, 3.63) is 27.7 Å². The summed E-state index contributed by atoms with van der Waals surface area (Å²) in [4.78, 5) is 26.4. The second-order valence-electron chi connectivity index (χ2n) is 6.32. The molecule has 0 bridgehead atoms. The van der Waals surface area contributed by atoms with Gasteiger partial charge in [-0.3, -0.25) is 9.59 Å². The lowest BCUT2D eigenvalue weighted by Gasteiger charge is -2.32. The molecule has 0 unspecified atom stereocenters. The summed E-state index contributed by atoms with van der Waals surface area (Å²) >= 11 is 12.2. The van der Waals surface area contributed by atoms with Crippen LogP contribution >= 0.6 is 23.2 Å². The molecule has 1 aliphatic carbocycles. The van der Waals surface area contributed by atoms with Crippen LogP contribution in [0.1, 0.15) is 36.0 Å². The van der Waals surface area contributed by atoms with Crippen molar-refractivity contribution in [1.82, 2.24) is 10.2 Å². The number of piperidine rings is 1. The molecule has 1 aromatic carbocycles. The number of ether oxygens (including phenoxy) is 1. The number of nitrogens with one attached hydrogen (secondary N) is 1. The second-order valence-corrected chi connectivity index (χ2v) is 7.13. The molecule has 0 spiro atoms. The maximum atomic E-state index is 12.4. The summed E-state index contributed by atoms with van der Waals surface area (Å²) < 4.78 is 5.09. The van der Waals surface area contributed by atoms with Gasteiger partial charge in [0.25, 0.3) is 5.91 Å². The van der Waals surface area contributed by atoms with Gasteiger partial charge in [-0.1, -0.05) is 23.2 Å². The molecule has 7 heteroatoms. The van der Waals surface area contributed by atoms with Crippen molar-refractivity contribution in [1.29, 1.82) is 0 Å². The van der Waals surface area contributed by atoms with Crippen molar-refractivity contribution in [2.45, 2.75) is 31.7 Å². The van der Waals surface area contributed by atoms with Gasteiger partial charge in [0.15, 0.2) is 5.75 Å². The molecule has 1 heterocycles. The van der Waals surface area contributed by atoms with Crippen LogP contribution in [0.2, 0.25) is 10.0 Å². The first-order chi connectivity index (χ1) is 11.5. The van der Waals surface area contributed by atoms with E-state index < -0.39 is 0 Å². The lowest BCUT2D eigenvalue weighted by atomic mass is 10.0. The molecule has 0 aromatic heterocycles. The second kappa shape index (κ2) is 7.19. The molecule has 2 fully saturated rings. The van der Waals surface area contributed by atoms with Crippen LogP contribution in [-0.2, 0) is 4.79 Å². The number of halogens is 2. The van der Waals surface area contributed by atoms with E-state index in [9.17, 15) is 9.59 Å². The van der Waals surface area contributed by atoms with Crippen LogP contribution in [0, 0.1) is 5.92 Å². The summed E-state index contributed by atoms with van der Waals surface area (Å²) in [6, 6.07) is 3.15. The van der Waals surface area contributed by atoms with Crippen molar-refractivity contribution < 1.29 is 14.3 Å². The Balaban J connectivity index is 1.57. The van der Waals surface area contributed by atoms with Crippen LogP contribution in [0.3, 0.4) is 0 Å². The number of benzene rings is 1. The minimum absolute atomic E-state index is 0.0559. The van der Waals surface area contributed by atoms with Crippen molar-refractivity contribution in [3.63, 3.8) is 0 Å². The Hall–Kier alpha value is -1.46. The number of carbonyl (C=O) groups excluding carboxylic acids is 2. The van der Waals surface area contributed by atoms with Gasteiger partial charge in [-0.25, -0.2) is 0 Å². The molecule has 5 nitrogen and oxygen atoms in total. The van der Waals surface area contributed by atoms with Gasteiger partial charge in [-0.2, -0.15) is 0 Å². The zero-order valence-electron chi connectivity index (χ0n) is 13.5. The third kappa shape index (κ3) is 3.78. The highest BCUT2D eigenvalue weighted by Gasteiger charge is 2.35. The first kappa shape index (κ1) is 17.4. The van der Waals surface area contributed by atoms with Crippen molar-refractivity contribution in [2.75, 3.05) is 20.2 Å². The Bertz CT molecular complexity index is 630. The highest BCUT2D eigenvalue weighted by molar-refractivity contribution is 6.37. The van der Waals surface area contributed by atoms with Gasteiger partial charge in [0.1, 0.15) is 0 Å². The molecule has 1 aliphatic heterocycles. The lowest BCUT2D eigenvalue weighted by molar-refractivity contribution is -0.133. The highest BCUT2D eigenvalue weighted by Crippen LogP contribution is 2.34. The number of carbonyl (C=O) groups is 2. The summed E-state index contributed by atoms with van der Waals surface area (Å²) in [5.41, 5.74) is 0.405. The van der Waals surface area contributed by atoms with Crippen LogP contribution in [0.4, 0.5) is 0 Å². The quantitative estimate of drug-likeness (QED) is 0.885. The topological polar surface area (TPSA) is 58.6 Å². The van der Waals surface area contributed by atoms with Gasteiger partial charge in [-0.05, 0) is 37.8 Å². The fraction of sp³-hybridized carbons (Fsp3) is 0.529. The molecule has 0 atom stereocenters. The maximum Gasteiger partial charge on any atom is 0.251 e. The van der Waals surface area contributed by atoms with E-state index in [2.05, 4.69) is 5.32 Å². The largest absolute Gasteiger partial charge is 0.494 e. The standard InChI is InChI=1S/C17H20Cl2N2O3/c1-24-15-13(18)8-11(9-14(15)19)16(22)20-12-4-6-21(7-5-12)17(23)10-2-3-10/h8-10,12H,2-7H2,1H3,(H,20,22). The van der Waals surface area contributed by atoms with Crippen LogP contribution in [0.15, 0.2) is 12.1 Å². The SMILES string of the molecule is COc1c(Cl)cc(C(=O)NC2CCN(C(=O)C3CC3)CC2)cc1Cl. The van der Waals surface area contributed by atoms with Gasteiger partial charge in [0.05, 0.1) is 17.2 Å². The molecule has 1 N–H and O–H groups in total. The van der Waals surface area contributed by atoms with E-state index in [0.29, 0.717) is 34.4 Å². The third-order valence-electron chi connectivity index (χ3n) is 4.53. The smallest absolute Gasteiger partial charge is 0.251 e. The van der Waals surface area contributed by atoms with E-state index in [1.165, 1.54) is 7.11 Å². The van der Waals surface area contributed by atoms with Crippen LogP contribution in [0.5, 0.6) is 5.75 Å². The molecular weight excluding hydrogens is 351 g/mol. The summed E-state index contributed by atoms with van der Waals surface area (Å²) in [7, 11) is 1.48.